The van der Waals surface area contributed by atoms with E-state index in [0.717, 1.165) is 5.56 Å². The summed E-state index contributed by atoms with van der Waals surface area (Å²) >= 11 is 5.86. The summed E-state index contributed by atoms with van der Waals surface area (Å²) in [6, 6.07) is 14.3. The number of halogens is 1. The number of hydrogen-bond donors (Lipinski definition) is 0. The molecule has 0 saturated carbocycles. The van der Waals surface area contributed by atoms with Gasteiger partial charge in [0.15, 0.2) is 5.78 Å². The number of hydrogen-bond acceptors (Lipinski definition) is 4. The van der Waals surface area contributed by atoms with Crippen molar-refractivity contribution in [2.45, 2.75) is 32.8 Å². The number of esters is 1. The predicted octanol–water partition coefficient (Wildman–Crippen LogP) is 4.73. The summed E-state index contributed by atoms with van der Waals surface area (Å²) in [7, 11) is 1.38. The number of methoxy groups -OCH3 is 1. The van der Waals surface area contributed by atoms with E-state index in [1.807, 2.05) is 26.0 Å². The highest BCUT2D eigenvalue weighted by molar-refractivity contribution is 6.30. The zero-order chi connectivity index (χ0) is 19.1. The molecule has 0 N–H and O–H groups in total. The van der Waals surface area contributed by atoms with Crippen molar-refractivity contribution in [1.29, 1.82) is 0 Å². The van der Waals surface area contributed by atoms with Gasteiger partial charge in [-0.15, -0.1) is 0 Å². The van der Waals surface area contributed by atoms with Crippen LogP contribution in [-0.4, -0.2) is 25.0 Å². The maximum Gasteiger partial charge on any atom is 0.305 e. The summed E-state index contributed by atoms with van der Waals surface area (Å²) in [5, 5.41) is 0.651. The van der Waals surface area contributed by atoms with E-state index >= 15 is 0 Å². The Balaban J connectivity index is 1.93. The number of ketones is 1. The number of carbonyl (C=O) groups excluding carboxylic acids is 2. The van der Waals surface area contributed by atoms with Crippen molar-refractivity contribution in [2.75, 3.05) is 7.11 Å². The summed E-state index contributed by atoms with van der Waals surface area (Å²) in [5.41, 5.74) is 1.55. The Hall–Kier alpha value is -2.33. The van der Waals surface area contributed by atoms with Crippen LogP contribution >= 0.6 is 11.6 Å². The molecule has 0 aromatic heterocycles. The zero-order valence-corrected chi connectivity index (χ0v) is 16.0. The second-order valence-corrected chi connectivity index (χ2v) is 6.77. The molecule has 0 fully saturated rings. The maximum absolute atomic E-state index is 12.4. The van der Waals surface area contributed by atoms with Gasteiger partial charge < -0.3 is 9.47 Å². The van der Waals surface area contributed by atoms with E-state index < -0.39 is 0 Å². The zero-order valence-electron chi connectivity index (χ0n) is 15.2. The van der Waals surface area contributed by atoms with Gasteiger partial charge in [-0.25, -0.2) is 0 Å². The lowest BCUT2D eigenvalue weighted by Gasteiger charge is -2.20. The molecule has 0 aliphatic heterocycles. The first-order valence-corrected chi connectivity index (χ1v) is 8.88. The van der Waals surface area contributed by atoms with Gasteiger partial charge in [0.2, 0.25) is 0 Å². The molecule has 0 spiro atoms. The molecule has 0 amide bonds. The Bertz CT molecular complexity index is 738. The van der Waals surface area contributed by atoms with Crippen LogP contribution in [0.25, 0.3) is 0 Å². The molecule has 0 bridgehead atoms. The van der Waals surface area contributed by atoms with Gasteiger partial charge in [-0.05, 0) is 48.9 Å². The third kappa shape index (κ3) is 5.88. The Morgan fingerprint density at radius 1 is 1.00 bits per heavy atom. The lowest BCUT2D eigenvalue weighted by Crippen LogP contribution is -2.24. The summed E-state index contributed by atoms with van der Waals surface area (Å²) < 4.78 is 10.5. The predicted molar refractivity (Wildman–Crippen MR) is 102 cm³/mol. The molecule has 2 atom stereocenters. The van der Waals surface area contributed by atoms with E-state index in [2.05, 4.69) is 4.74 Å². The van der Waals surface area contributed by atoms with Crippen LogP contribution in [0.3, 0.4) is 0 Å². The van der Waals surface area contributed by atoms with E-state index in [4.69, 9.17) is 16.3 Å². The lowest BCUT2D eigenvalue weighted by molar-refractivity contribution is -0.142. The Labute approximate surface area is 159 Å². The number of benzene rings is 2. The Morgan fingerprint density at radius 3 is 2.19 bits per heavy atom. The highest BCUT2D eigenvalue weighted by Gasteiger charge is 2.18. The van der Waals surface area contributed by atoms with Crippen LogP contribution < -0.4 is 4.74 Å². The van der Waals surface area contributed by atoms with Crippen molar-refractivity contribution in [3.63, 3.8) is 0 Å². The van der Waals surface area contributed by atoms with Crippen LogP contribution in [0.2, 0.25) is 5.02 Å². The fraction of sp³-hybridized carbons (Fsp3) is 0.333. The first kappa shape index (κ1) is 20.0. The van der Waals surface area contributed by atoms with Gasteiger partial charge in [0.05, 0.1) is 19.6 Å². The monoisotopic (exact) mass is 374 g/mol. The molecule has 2 aromatic carbocycles. The van der Waals surface area contributed by atoms with Crippen molar-refractivity contribution < 1.29 is 19.1 Å². The molecule has 2 unspecified atom stereocenters. The van der Waals surface area contributed by atoms with Gasteiger partial charge in [-0.3, -0.25) is 9.59 Å². The van der Waals surface area contributed by atoms with E-state index in [1.54, 1.807) is 36.4 Å². The van der Waals surface area contributed by atoms with Gasteiger partial charge in [0.1, 0.15) is 5.75 Å². The van der Waals surface area contributed by atoms with E-state index in [0.29, 0.717) is 29.2 Å². The highest BCUT2D eigenvalue weighted by atomic mass is 35.5. The van der Waals surface area contributed by atoms with Crippen molar-refractivity contribution in [1.82, 2.24) is 0 Å². The van der Waals surface area contributed by atoms with Crippen molar-refractivity contribution in [3.8, 4) is 5.75 Å². The molecule has 0 aliphatic rings. The molecule has 0 aliphatic carbocycles. The van der Waals surface area contributed by atoms with Gasteiger partial charge in [0, 0.05) is 22.9 Å². The molecule has 0 saturated heterocycles. The van der Waals surface area contributed by atoms with Crippen LogP contribution in [0.15, 0.2) is 48.5 Å². The molecule has 0 radical (unpaired) electrons. The fourth-order valence-corrected chi connectivity index (χ4v) is 2.58. The summed E-state index contributed by atoms with van der Waals surface area (Å²) in [6.07, 6.45) is 0.476. The van der Waals surface area contributed by atoms with Crippen molar-refractivity contribution in [3.05, 3.63) is 64.7 Å². The van der Waals surface area contributed by atoms with Crippen LogP contribution in [0.5, 0.6) is 5.75 Å². The van der Waals surface area contributed by atoms with Crippen LogP contribution in [0.4, 0.5) is 0 Å². The highest BCUT2D eigenvalue weighted by Crippen LogP contribution is 2.20. The molecular formula is C21H23ClO4. The third-order valence-electron chi connectivity index (χ3n) is 4.29. The summed E-state index contributed by atoms with van der Waals surface area (Å²) in [6.45, 7) is 3.85. The molecule has 0 heterocycles. The normalized spacial score (nSPS) is 12.9. The average Bonchev–Trinajstić information content (AvgIpc) is 2.63. The van der Waals surface area contributed by atoms with Crippen molar-refractivity contribution >= 4 is 23.4 Å². The largest absolute Gasteiger partial charge is 0.490 e. The van der Waals surface area contributed by atoms with Gasteiger partial charge in [-0.2, -0.15) is 0 Å². The van der Waals surface area contributed by atoms with Gasteiger partial charge in [-0.1, -0.05) is 30.7 Å². The molecule has 5 heteroatoms. The number of rotatable bonds is 8. The lowest BCUT2D eigenvalue weighted by atomic mass is 10.0. The minimum absolute atomic E-state index is 0.0219. The number of ether oxygens (including phenoxy) is 2. The van der Waals surface area contributed by atoms with Crippen LogP contribution in [-0.2, 0) is 16.0 Å². The second-order valence-electron chi connectivity index (χ2n) is 6.33. The smallest absolute Gasteiger partial charge is 0.305 e. The molecule has 4 nitrogen and oxygen atoms in total. The molecule has 138 valence electrons. The van der Waals surface area contributed by atoms with Crippen molar-refractivity contribution in [2.24, 2.45) is 5.92 Å². The first-order chi connectivity index (χ1) is 12.4. The van der Waals surface area contributed by atoms with E-state index in [1.165, 1.54) is 7.11 Å². The number of Topliss-reactive ketones (excluding diaryl/α,β-unsaturated/α-hetero) is 1. The molecule has 26 heavy (non-hydrogen) atoms. The first-order valence-electron chi connectivity index (χ1n) is 8.50. The summed E-state index contributed by atoms with van der Waals surface area (Å²) in [4.78, 5) is 23.7. The molecular weight excluding hydrogens is 352 g/mol. The SMILES string of the molecule is COC(=O)CC(C)C(C)Oc1ccc(C(=O)Cc2ccc(Cl)cc2)cc1. The average molecular weight is 375 g/mol. The summed E-state index contributed by atoms with van der Waals surface area (Å²) in [5.74, 6) is 0.466. The number of carbonyl (C=O) groups is 2. The fourth-order valence-electron chi connectivity index (χ4n) is 2.45. The van der Waals surface area contributed by atoms with E-state index in [9.17, 15) is 9.59 Å². The van der Waals surface area contributed by atoms with Crippen LogP contribution in [0, 0.1) is 5.92 Å². The second kappa shape index (κ2) is 9.39. The van der Waals surface area contributed by atoms with E-state index in [-0.39, 0.29) is 23.8 Å². The standard InChI is InChI=1S/C21H23ClO4/c1-14(12-21(24)25-3)15(2)26-19-10-6-17(7-11-19)20(23)13-16-4-8-18(22)9-5-16/h4-11,14-15H,12-13H2,1-3H3. The Morgan fingerprint density at radius 2 is 1.62 bits per heavy atom. The van der Waals surface area contributed by atoms with Crippen LogP contribution in [0.1, 0.15) is 36.2 Å². The quantitative estimate of drug-likeness (QED) is 0.495. The minimum Gasteiger partial charge on any atom is -0.490 e. The van der Waals surface area contributed by atoms with Gasteiger partial charge in [0.25, 0.3) is 0 Å². The third-order valence-corrected chi connectivity index (χ3v) is 4.55. The molecule has 2 rings (SSSR count). The Kier molecular flexibility index (Phi) is 7.22. The topological polar surface area (TPSA) is 52.6 Å². The maximum atomic E-state index is 12.4. The molecule has 2 aromatic rings. The van der Waals surface area contributed by atoms with Gasteiger partial charge >= 0.3 is 5.97 Å². The minimum atomic E-state index is -0.254.